The van der Waals surface area contributed by atoms with Crippen molar-refractivity contribution >= 4 is 5.97 Å². The van der Waals surface area contributed by atoms with Crippen LogP contribution in [0.25, 0.3) is 0 Å². The molecular formula is C12H18N2O3. The normalized spacial score (nSPS) is 10.6. The predicted octanol–water partition coefficient (Wildman–Crippen LogP) is 0.633. The molecule has 0 aliphatic heterocycles. The van der Waals surface area contributed by atoms with Crippen molar-refractivity contribution in [3.63, 3.8) is 0 Å². The lowest BCUT2D eigenvalue weighted by molar-refractivity contribution is 0.0598. The van der Waals surface area contributed by atoms with Gasteiger partial charge in [0.1, 0.15) is 5.56 Å². The Labute approximate surface area is 100 Å². The smallest absolute Gasteiger partial charge is 0.343 e. The highest BCUT2D eigenvalue weighted by Crippen LogP contribution is 1.94. The van der Waals surface area contributed by atoms with Crippen LogP contribution in [0, 0.1) is 0 Å². The summed E-state index contributed by atoms with van der Waals surface area (Å²) in [6.45, 7) is 5.28. The summed E-state index contributed by atoms with van der Waals surface area (Å²) in [5.74, 6) is -0.596. The largest absolute Gasteiger partial charge is 0.465 e. The van der Waals surface area contributed by atoms with Gasteiger partial charge >= 0.3 is 5.97 Å². The first kappa shape index (κ1) is 13.4. The number of aromatic nitrogens is 1. The number of methoxy groups -OCH3 is 1. The highest BCUT2D eigenvalue weighted by Gasteiger charge is 2.11. The minimum Gasteiger partial charge on any atom is -0.465 e. The molecule has 0 spiro atoms. The van der Waals surface area contributed by atoms with Gasteiger partial charge < -0.3 is 14.6 Å². The van der Waals surface area contributed by atoms with Gasteiger partial charge in [-0.1, -0.05) is 13.8 Å². The lowest BCUT2D eigenvalue weighted by atomic mass is 10.3. The zero-order chi connectivity index (χ0) is 12.8. The zero-order valence-corrected chi connectivity index (χ0v) is 10.4. The van der Waals surface area contributed by atoms with E-state index in [0.29, 0.717) is 19.1 Å². The van der Waals surface area contributed by atoms with Gasteiger partial charge in [0.25, 0.3) is 5.56 Å². The molecule has 17 heavy (non-hydrogen) atoms. The third kappa shape index (κ3) is 3.71. The van der Waals surface area contributed by atoms with Crippen molar-refractivity contribution in [1.29, 1.82) is 0 Å². The molecule has 0 saturated heterocycles. The van der Waals surface area contributed by atoms with Crippen molar-refractivity contribution in [2.75, 3.05) is 13.7 Å². The number of hydrogen-bond acceptors (Lipinski definition) is 4. The lowest BCUT2D eigenvalue weighted by Crippen LogP contribution is -2.32. The molecule has 5 nitrogen and oxygen atoms in total. The Bertz CT molecular complexity index is 438. The second kappa shape index (κ2) is 6.20. The summed E-state index contributed by atoms with van der Waals surface area (Å²) in [6.07, 6.45) is 1.66. The summed E-state index contributed by atoms with van der Waals surface area (Å²) in [5.41, 5.74) is -0.246. The van der Waals surface area contributed by atoms with Gasteiger partial charge in [-0.05, 0) is 12.1 Å². The molecule has 94 valence electrons. The Morgan fingerprint density at radius 2 is 2.24 bits per heavy atom. The topological polar surface area (TPSA) is 60.3 Å². The maximum Gasteiger partial charge on any atom is 0.343 e. The molecule has 1 rings (SSSR count). The third-order valence-electron chi connectivity index (χ3n) is 2.33. The van der Waals surface area contributed by atoms with Crippen LogP contribution in [-0.2, 0) is 11.3 Å². The number of nitrogens with one attached hydrogen (secondary N) is 1. The monoisotopic (exact) mass is 238 g/mol. The predicted molar refractivity (Wildman–Crippen MR) is 65.2 cm³/mol. The fraction of sp³-hybridized carbons (Fsp3) is 0.500. The quantitative estimate of drug-likeness (QED) is 0.764. The van der Waals surface area contributed by atoms with Gasteiger partial charge in [0.2, 0.25) is 0 Å². The molecule has 0 aromatic carbocycles. The number of hydrogen-bond donors (Lipinski definition) is 1. The van der Waals surface area contributed by atoms with E-state index in [-0.39, 0.29) is 11.1 Å². The molecule has 0 bridgehead atoms. The number of pyridine rings is 1. The van der Waals surface area contributed by atoms with Crippen LogP contribution in [0.4, 0.5) is 0 Å². The number of ether oxygens (including phenoxy) is 1. The summed E-state index contributed by atoms with van der Waals surface area (Å²) in [6, 6.07) is 3.51. The standard InChI is InChI=1S/C12H18N2O3/c1-9(2)13-6-8-14-7-4-5-10(11(14)15)12(16)17-3/h4-5,7,9,13H,6,8H2,1-3H3. The average Bonchev–Trinajstić information content (AvgIpc) is 2.30. The van der Waals surface area contributed by atoms with Gasteiger partial charge in [0.05, 0.1) is 7.11 Å². The summed E-state index contributed by atoms with van der Waals surface area (Å²) >= 11 is 0. The molecule has 1 heterocycles. The van der Waals surface area contributed by atoms with Crippen molar-refractivity contribution in [3.05, 3.63) is 34.2 Å². The minimum absolute atomic E-state index is 0.0690. The van der Waals surface area contributed by atoms with Crippen molar-refractivity contribution in [2.45, 2.75) is 26.4 Å². The summed E-state index contributed by atoms with van der Waals surface area (Å²) < 4.78 is 6.05. The van der Waals surface area contributed by atoms with Gasteiger partial charge in [-0.3, -0.25) is 4.79 Å². The fourth-order valence-corrected chi connectivity index (χ4v) is 1.45. The van der Waals surface area contributed by atoms with Crippen LogP contribution in [-0.4, -0.2) is 30.2 Å². The lowest BCUT2D eigenvalue weighted by Gasteiger charge is -2.10. The first-order valence-electron chi connectivity index (χ1n) is 5.57. The van der Waals surface area contributed by atoms with Crippen LogP contribution in [0.1, 0.15) is 24.2 Å². The van der Waals surface area contributed by atoms with Crippen LogP contribution >= 0.6 is 0 Å². The molecule has 0 atom stereocenters. The van der Waals surface area contributed by atoms with E-state index >= 15 is 0 Å². The number of nitrogens with zero attached hydrogens (tertiary/aromatic N) is 1. The molecule has 1 N–H and O–H groups in total. The van der Waals surface area contributed by atoms with Crippen LogP contribution in [0.3, 0.4) is 0 Å². The second-order valence-corrected chi connectivity index (χ2v) is 4.02. The Hall–Kier alpha value is -1.62. The van der Waals surface area contributed by atoms with Crippen LogP contribution < -0.4 is 10.9 Å². The van der Waals surface area contributed by atoms with E-state index in [1.54, 1.807) is 12.3 Å². The molecule has 0 radical (unpaired) electrons. The maximum atomic E-state index is 11.9. The van der Waals surface area contributed by atoms with Gasteiger partial charge in [0, 0.05) is 25.3 Å². The van der Waals surface area contributed by atoms with Crippen LogP contribution in [0.15, 0.2) is 23.1 Å². The maximum absolute atomic E-state index is 11.9. The summed E-state index contributed by atoms with van der Waals surface area (Å²) in [4.78, 5) is 23.2. The van der Waals surface area contributed by atoms with E-state index in [2.05, 4.69) is 10.1 Å². The van der Waals surface area contributed by atoms with Gasteiger partial charge in [-0.15, -0.1) is 0 Å². The van der Waals surface area contributed by atoms with Crippen molar-refractivity contribution in [3.8, 4) is 0 Å². The Kier molecular flexibility index (Phi) is 4.90. The molecule has 0 unspecified atom stereocenters. The Balaban J connectivity index is 2.80. The summed E-state index contributed by atoms with van der Waals surface area (Å²) in [5, 5.41) is 3.21. The summed E-state index contributed by atoms with van der Waals surface area (Å²) in [7, 11) is 1.26. The van der Waals surface area contributed by atoms with E-state index < -0.39 is 5.97 Å². The van der Waals surface area contributed by atoms with Crippen LogP contribution in [0.2, 0.25) is 0 Å². The number of rotatable bonds is 5. The number of carbonyl (C=O) groups excluding carboxylic acids is 1. The molecule has 0 aliphatic carbocycles. The highest BCUT2D eigenvalue weighted by molar-refractivity contribution is 5.88. The molecule has 5 heteroatoms. The third-order valence-corrected chi connectivity index (χ3v) is 2.33. The molecule has 1 aromatic heterocycles. The minimum atomic E-state index is -0.596. The van der Waals surface area contributed by atoms with E-state index in [1.165, 1.54) is 17.7 Å². The zero-order valence-electron chi connectivity index (χ0n) is 10.4. The molecule has 0 aliphatic rings. The fourth-order valence-electron chi connectivity index (χ4n) is 1.45. The van der Waals surface area contributed by atoms with E-state index in [0.717, 1.165) is 0 Å². The molecule has 1 aromatic rings. The highest BCUT2D eigenvalue weighted by atomic mass is 16.5. The molecular weight excluding hydrogens is 220 g/mol. The van der Waals surface area contributed by atoms with Gasteiger partial charge in [0.15, 0.2) is 0 Å². The average molecular weight is 238 g/mol. The number of esters is 1. The van der Waals surface area contributed by atoms with Crippen molar-refractivity contribution in [2.24, 2.45) is 0 Å². The Morgan fingerprint density at radius 3 is 2.82 bits per heavy atom. The first-order valence-corrected chi connectivity index (χ1v) is 5.57. The Morgan fingerprint density at radius 1 is 1.53 bits per heavy atom. The van der Waals surface area contributed by atoms with Gasteiger partial charge in [-0.25, -0.2) is 4.79 Å². The first-order chi connectivity index (χ1) is 8.06. The number of carbonyl (C=O) groups is 1. The van der Waals surface area contributed by atoms with Gasteiger partial charge in [-0.2, -0.15) is 0 Å². The molecule has 0 saturated carbocycles. The van der Waals surface area contributed by atoms with Crippen LogP contribution in [0.5, 0.6) is 0 Å². The van der Waals surface area contributed by atoms with E-state index in [4.69, 9.17) is 0 Å². The molecule has 0 amide bonds. The van der Waals surface area contributed by atoms with E-state index in [9.17, 15) is 9.59 Å². The SMILES string of the molecule is COC(=O)c1cccn(CCNC(C)C)c1=O. The van der Waals surface area contributed by atoms with Crippen molar-refractivity contribution < 1.29 is 9.53 Å². The van der Waals surface area contributed by atoms with Crippen molar-refractivity contribution in [1.82, 2.24) is 9.88 Å². The van der Waals surface area contributed by atoms with E-state index in [1.807, 2.05) is 13.8 Å². The molecule has 0 fully saturated rings. The second-order valence-electron chi connectivity index (χ2n) is 4.02.